The number of rotatable bonds is 5. The summed E-state index contributed by atoms with van der Waals surface area (Å²) in [5, 5.41) is 3.00. The van der Waals surface area contributed by atoms with Crippen molar-refractivity contribution in [2.24, 2.45) is 17.8 Å². The third kappa shape index (κ3) is 4.29. The molecule has 0 spiro atoms. The van der Waals surface area contributed by atoms with Gasteiger partial charge in [0, 0.05) is 25.6 Å². The summed E-state index contributed by atoms with van der Waals surface area (Å²) in [5.74, 6) is 1.45. The minimum Gasteiger partial charge on any atom is -0.497 e. The molecule has 0 unspecified atom stereocenters. The quantitative estimate of drug-likeness (QED) is 0.851. The van der Waals surface area contributed by atoms with Crippen LogP contribution in [-0.4, -0.2) is 43.5 Å². The van der Waals surface area contributed by atoms with Crippen LogP contribution in [0.1, 0.15) is 18.9 Å². The number of benzene rings is 2. The molecule has 4 rings (SSSR count). The van der Waals surface area contributed by atoms with Crippen molar-refractivity contribution >= 4 is 11.8 Å². The molecule has 1 N–H and O–H groups in total. The van der Waals surface area contributed by atoms with Gasteiger partial charge in [0.15, 0.2) is 0 Å². The van der Waals surface area contributed by atoms with Crippen molar-refractivity contribution in [2.75, 3.05) is 26.7 Å². The zero-order valence-corrected chi connectivity index (χ0v) is 17.1. The lowest BCUT2D eigenvalue weighted by atomic mass is 9.91. The van der Waals surface area contributed by atoms with Crippen LogP contribution in [0.2, 0.25) is 0 Å². The Kier molecular flexibility index (Phi) is 5.56. The highest BCUT2D eigenvalue weighted by atomic mass is 16.5. The fourth-order valence-electron chi connectivity index (χ4n) is 4.17. The molecule has 2 aromatic carbocycles. The maximum Gasteiger partial charge on any atom is 0.226 e. The van der Waals surface area contributed by atoms with E-state index in [1.54, 1.807) is 7.11 Å². The first kappa shape index (κ1) is 19.5. The SMILES string of the molecule is COc1ccc(-c2ccccc2C[C@@H]2CN(C(=O)[C@@H]3C[C@H]3C)CCNC2=O)cc1. The summed E-state index contributed by atoms with van der Waals surface area (Å²) in [6, 6.07) is 16.1. The van der Waals surface area contributed by atoms with Gasteiger partial charge in [-0.25, -0.2) is 0 Å². The molecule has 2 aliphatic rings. The zero-order chi connectivity index (χ0) is 20.4. The molecule has 29 heavy (non-hydrogen) atoms. The molecule has 2 fully saturated rings. The fourth-order valence-corrected chi connectivity index (χ4v) is 4.17. The molecule has 1 saturated heterocycles. The molecule has 1 heterocycles. The number of hydrogen-bond donors (Lipinski definition) is 1. The van der Waals surface area contributed by atoms with E-state index in [-0.39, 0.29) is 23.7 Å². The number of methoxy groups -OCH3 is 1. The number of amides is 2. The van der Waals surface area contributed by atoms with E-state index < -0.39 is 0 Å². The van der Waals surface area contributed by atoms with E-state index >= 15 is 0 Å². The Hall–Kier alpha value is -2.82. The number of ether oxygens (including phenoxy) is 1. The third-order valence-electron chi connectivity index (χ3n) is 6.12. The fraction of sp³-hybridized carbons (Fsp3) is 0.417. The van der Waals surface area contributed by atoms with Gasteiger partial charge in [-0.05, 0) is 47.6 Å². The van der Waals surface area contributed by atoms with E-state index in [2.05, 4.69) is 24.4 Å². The highest BCUT2D eigenvalue weighted by molar-refractivity contribution is 5.84. The van der Waals surface area contributed by atoms with Gasteiger partial charge in [0.25, 0.3) is 0 Å². The topological polar surface area (TPSA) is 58.6 Å². The predicted molar refractivity (Wildman–Crippen MR) is 112 cm³/mol. The van der Waals surface area contributed by atoms with Gasteiger partial charge in [-0.1, -0.05) is 43.3 Å². The molecule has 1 aliphatic carbocycles. The van der Waals surface area contributed by atoms with Crippen LogP contribution in [0.4, 0.5) is 0 Å². The lowest BCUT2D eigenvalue weighted by Crippen LogP contribution is -2.38. The molecule has 1 aliphatic heterocycles. The maximum absolute atomic E-state index is 12.8. The molecular formula is C24H28N2O3. The van der Waals surface area contributed by atoms with Crippen molar-refractivity contribution in [3.8, 4) is 16.9 Å². The van der Waals surface area contributed by atoms with Gasteiger partial charge in [0.05, 0.1) is 13.0 Å². The van der Waals surface area contributed by atoms with Gasteiger partial charge in [0.1, 0.15) is 5.75 Å². The second-order valence-electron chi connectivity index (χ2n) is 8.18. The van der Waals surface area contributed by atoms with Crippen LogP contribution in [0.25, 0.3) is 11.1 Å². The highest BCUT2D eigenvalue weighted by Crippen LogP contribution is 2.39. The highest BCUT2D eigenvalue weighted by Gasteiger charge is 2.42. The predicted octanol–water partition coefficient (Wildman–Crippen LogP) is 3.14. The summed E-state index contributed by atoms with van der Waals surface area (Å²) < 4.78 is 5.26. The molecule has 5 nitrogen and oxygen atoms in total. The second-order valence-corrected chi connectivity index (χ2v) is 8.18. The van der Waals surface area contributed by atoms with Crippen molar-refractivity contribution in [3.63, 3.8) is 0 Å². The number of nitrogens with zero attached hydrogens (tertiary/aromatic N) is 1. The standard InChI is InChI=1S/C24H28N2O3/c1-16-13-22(16)24(28)26-12-11-25-23(27)19(15-26)14-18-5-3-4-6-21(18)17-7-9-20(29-2)10-8-17/h3-10,16,19,22H,11-15H2,1-2H3,(H,25,27)/t16-,19-,22-/m1/s1. The molecule has 0 bridgehead atoms. The first-order valence-electron chi connectivity index (χ1n) is 10.4. The second kappa shape index (κ2) is 8.27. The Morgan fingerprint density at radius 1 is 1.17 bits per heavy atom. The van der Waals surface area contributed by atoms with Crippen LogP contribution >= 0.6 is 0 Å². The molecule has 5 heteroatoms. The van der Waals surface area contributed by atoms with Crippen LogP contribution in [0.5, 0.6) is 5.75 Å². The number of carbonyl (C=O) groups is 2. The molecule has 2 amide bonds. The van der Waals surface area contributed by atoms with Crippen molar-refractivity contribution in [3.05, 3.63) is 54.1 Å². The van der Waals surface area contributed by atoms with E-state index in [9.17, 15) is 9.59 Å². The number of hydrogen-bond acceptors (Lipinski definition) is 3. The number of nitrogens with one attached hydrogen (secondary N) is 1. The summed E-state index contributed by atoms with van der Waals surface area (Å²) in [6.07, 6.45) is 1.58. The summed E-state index contributed by atoms with van der Waals surface area (Å²) in [6.45, 7) is 3.74. The summed E-state index contributed by atoms with van der Waals surface area (Å²) in [4.78, 5) is 27.3. The van der Waals surface area contributed by atoms with Crippen molar-refractivity contribution in [1.82, 2.24) is 10.2 Å². The Bertz CT molecular complexity index is 893. The molecule has 0 radical (unpaired) electrons. The molecule has 3 atom stereocenters. The molecular weight excluding hydrogens is 364 g/mol. The van der Waals surface area contributed by atoms with Crippen molar-refractivity contribution in [1.29, 1.82) is 0 Å². The van der Waals surface area contributed by atoms with E-state index in [0.29, 0.717) is 32.0 Å². The van der Waals surface area contributed by atoms with Crippen LogP contribution < -0.4 is 10.1 Å². The minimum absolute atomic E-state index is 0.0358. The summed E-state index contributed by atoms with van der Waals surface area (Å²) in [7, 11) is 1.66. The average Bonchev–Trinajstić information content (AvgIpc) is 3.51. The van der Waals surface area contributed by atoms with Crippen LogP contribution in [-0.2, 0) is 16.0 Å². The first-order chi connectivity index (χ1) is 14.1. The number of carbonyl (C=O) groups excluding carboxylic acids is 2. The van der Waals surface area contributed by atoms with E-state index in [4.69, 9.17) is 4.74 Å². The zero-order valence-electron chi connectivity index (χ0n) is 17.1. The lowest BCUT2D eigenvalue weighted by Gasteiger charge is -2.24. The average molecular weight is 392 g/mol. The van der Waals surface area contributed by atoms with E-state index in [1.807, 2.05) is 41.3 Å². The Labute approximate surface area is 172 Å². The lowest BCUT2D eigenvalue weighted by molar-refractivity contribution is -0.133. The minimum atomic E-state index is -0.241. The molecule has 0 aromatic heterocycles. The maximum atomic E-state index is 12.8. The van der Waals surface area contributed by atoms with E-state index in [0.717, 1.165) is 28.9 Å². The van der Waals surface area contributed by atoms with Gasteiger partial charge < -0.3 is 15.0 Å². The molecule has 152 valence electrons. The van der Waals surface area contributed by atoms with Crippen LogP contribution in [0.3, 0.4) is 0 Å². The smallest absolute Gasteiger partial charge is 0.226 e. The first-order valence-corrected chi connectivity index (χ1v) is 10.4. The molecule has 2 aromatic rings. The summed E-state index contributed by atoms with van der Waals surface area (Å²) in [5.41, 5.74) is 3.32. The van der Waals surface area contributed by atoms with Crippen LogP contribution in [0, 0.1) is 17.8 Å². The van der Waals surface area contributed by atoms with Crippen LogP contribution in [0.15, 0.2) is 48.5 Å². The van der Waals surface area contributed by atoms with Crippen molar-refractivity contribution in [2.45, 2.75) is 19.8 Å². The van der Waals surface area contributed by atoms with Crippen molar-refractivity contribution < 1.29 is 14.3 Å². The largest absolute Gasteiger partial charge is 0.497 e. The monoisotopic (exact) mass is 392 g/mol. The van der Waals surface area contributed by atoms with Gasteiger partial charge in [-0.15, -0.1) is 0 Å². The third-order valence-corrected chi connectivity index (χ3v) is 6.12. The van der Waals surface area contributed by atoms with E-state index in [1.165, 1.54) is 0 Å². The Morgan fingerprint density at radius 2 is 1.90 bits per heavy atom. The Morgan fingerprint density at radius 3 is 2.59 bits per heavy atom. The Balaban J connectivity index is 1.55. The summed E-state index contributed by atoms with van der Waals surface area (Å²) >= 11 is 0. The van der Waals surface area contributed by atoms with Gasteiger partial charge in [-0.3, -0.25) is 9.59 Å². The molecule has 1 saturated carbocycles. The van der Waals surface area contributed by atoms with Gasteiger partial charge in [0.2, 0.25) is 11.8 Å². The van der Waals surface area contributed by atoms with Gasteiger partial charge in [-0.2, -0.15) is 0 Å². The normalized spacial score (nSPS) is 23.9. The van der Waals surface area contributed by atoms with Gasteiger partial charge >= 0.3 is 0 Å².